The predicted molar refractivity (Wildman–Crippen MR) is 161 cm³/mol. The standard InChI is InChI=1S/C31H38ClN3O4S/c1-6-7-18-33-31(37)25(5)34(20-26-11-13-27(32)14-12-26)30(36)21-35(28-15-10-23(3)24(4)19-28)40(38,39)29-16-8-22(2)9-17-29/h8-17,19,25H,6-7,18,20-21H2,1-5H3,(H,33,37)/t25-/m0/s1. The minimum Gasteiger partial charge on any atom is -0.354 e. The van der Waals surface area contributed by atoms with E-state index in [-0.39, 0.29) is 17.3 Å². The van der Waals surface area contributed by atoms with Gasteiger partial charge in [-0.15, -0.1) is 0 Å². The maximum atomic E-state index is 14.0. The van der Waals surface area contributed by atoms with Gasteiger partial charge in [-0.05, 0) is 87.2 Å². The van der Waals surface area contributed by atoms with Crippen LogP contribution < -0.4 is 9.62 Å². The minimum absolute atomic E-state index is 0.0822. The second-order valence-electron chi connectivity index (χ2n) is 10.1. The Labute approximate surface area is 243 Å². The third kappa shape index (κ3) is 7.86. The molecule has 3 aromatic carbocycles. The number of carbonyl (C=O) groups excluding carboxylic acids is 2. The van der Waals surface area contributed by atoms with E-state index in [2.05, 4.69) is 5.32 Å². The number of anilines is 1. The van der Waals surface area contributed by atoms with Crippen molar-refractivity contribution in [2.24, 2.45) is 0 Å². The average molecular weight is 584 g/mol. The number of unbranched alkanes of at least 4 members (excludes halogenated alkanes) is 1. The number of nitrogens with one attached hydrogen (secondary N) is 1. The highest BCUT2D eigenvalue weighted by molar-refractivity contribution is 7.92. The number of amides is 2. The second kappa shape index (κ2) is 13.8. The number of sulfonamides is 1. The lowest BCUT2D eigenvalue weighted by molar-refractivity contribution is -0.139. The Morgan fingerprint density at radius 1 is 0.925 bits per heavy atom. The highest BCUT2D eigenvalue weighted by Gasteiger charge is 2.32. The van der Waals surface area contributed by atoms with Gasteiger partial charge in [0.25, 0.3) is 10.0 Å². The molecule has 0 aromatic heterocycles. The Kier molecular flexibility index (Phi) is 10.8. The predicted octanol–water partition coefficient (Wildman–Crippen LogP) is 5.79. The monoisotopic (exact) mass is 583 g/mol. The summed E-state index contributed by atoms with van der Waals surface area (Å²) in [5.41, 5.74) is 3.97. The van der Waals surface area contributed by atoms with Crippen molar-refractivity contribution in [3.05, 3.63) is 94.0 Å². The fraction of sp³-hybridized carbons (Fsp3) is 0.355. The van der Waals surface area contributed by atoms with E-state index in [1.54, 1.807) is 67.6 Å². The normalized spacial score (nSPS) is 12.1. The van der Waals surface area contributed by atoms with Crippen LogP contribution in [-0.4, -0.2) is 44.3 Å². The molecular weight excluding hydrogens is 546 g/mol. The molecule has 1 N–H and O–H groups in total. The molecule has 0 bridgehead atoms. The smallest absolute Gasteiger partial charge is 0.264 e. The summed E-state index contributed by atoms with van der Waals surface area (Å²) in [7, 11) is -4.10. The van der Waals surface area contributed by atoms with Gasteiger partial charge >= 0.3 is 0 Å². The Bertz CT molecular complexity index is 1420. The molecule has 1 atom stereocenters. The zero-order valence-electron chi connectivity index (χ0n) is 23.8. The number of halogens is 1. The third-order valence-corrected chi connectivity index (χ3v) is 8.97. The van der Waals surface area contributed by atoms with Crippen molar-refractivity contribution in [1.82, 2.24) is 10.2 Å². The van der Waals surface area contributed by atoms with Crippen LogP contribution in [0.15, 0.2) is 71.6 Å². The summed E-state index contributed by atoms with van der Waals surface area (Å²) in [4.78, 5) is 28.5. The zero-order chi connectivity index (χ0) is 29.4. The molecule has 0 unspecified atom stereocenters. The van der Waals surface area contributed by atoms with Gasteiger partial charge in [-0.2, -0.15) is 0 Å². The van der Waals surface area contributed by atoms with Crippen LogP contribution in [0.2, 0.25) is 5.02 Å². The molecular formula is C31H38ClN3O4S. The van der Waals surface area contributed by atoms with E-state index in [4.69, 9.17) is 11.6 Å². The number of aryl methyl sites for hydroxylation is 3. The fourth-order valence-electron chi connectivity index (χ4n) is 4.15. The van der Waals surface area contributed by atoms with Gasteiger partial charge in [0.2, 0.25) is 11.8 Å². The Morgan fingerprint density at radius 2 is 1.57 bits per heavy atom. The first-order valence-electron chi connectivity index (χ1n) is 13.4. The van der Waals surface area contributed by atoms with E-state index < -0.39 is 28.5 Å². The lowest BCUT2D eigenvalue weighted by Gasteiger charge is -2.32. The van der Waals surface area contributed by atoms with Crippen molar-refractivity contribution in [2.75, 3.05) is 17.4 Å². The molecule has 0 aliphatic rings. The first kappa shape index (κ1) is 31.2. The summed E-state index contributed by atoms with van der Waals surface area (Å²) in [6.07, 6.45) is 1.74. The van der Waals surface area contributed by atoms with E-state index in [0.29, 0.717) is 17.3 Å². The summed E-state index contributed by atoms with van der Waals surface area (Å²) >= 11 is 6.06. The molecule has 214 valence electrons. The van der Waals surface area contributed by atoms with Crippen molar-refractivity contribution in [3.63, 3.8) is 0 Å². The van der Waals surface area contributed by atoms with E-state index in [9.17, 15) is 18.0 Å². The van der Waals surface area contributed by atoms with Crippen LogP contribution in [0.1, 0.15) is 48.9 Å². The van der Waals surface area contributed by atoms with Gasteiger partial charge in [-0.3, -0.25) is 13.9 Å². The molecule has 9 heteroatoms. The van der Waals surface area contributed by atoms with Gasteiger partial charge in [-0.25, -0.2) is 8.42 Å². The number of hydrogen-bond donors (Lipinski definition) is 1. The molecule has 3 aromatic rings. The van der Waals surface area contributed by atoms with E-state index >= 15 is 0 Å². The molecule has 0 heterocycles. The first-order valence-corrected chi connectivity index (χ1v) is 15.2. The van der Waals surface area contributed by atoms with Crippen LogP contribution in [0, 0.1) is 20.8 Å². The van der Waals surface area contributed by atoms with Gasteiger partial charge in [0.15, 0.2) is 0 Å². The molecule has 0 aliphatic heterocycles. The summed E-state index contributed by atoms with van der Waals surface area (Å²) in [6.45, 7) is 9.54. The molecule has 7 nitrogen and oxygen atoms in total. The van der Waals surface area contributed by atoms with Crippen molar-refractivity contribution in [3.8, 4) is 0 Å². The molecule has 2 amide bonds. The summed E-state index contributed by atoms with van der Waals surface area (Å²) in [5.74, 6) is -0.795. The van der Waals surface area contributed by atoms with Crippen LogP contribution in [0.4, 0.5) is 5.69 Å². The van der Waals surface area contributed by atoms with Crippen LogP contribution in [-0.2, 0) is 26.2 Å². The fourth-order valence-corrected chi connectivity index (χ4v) is 5.68. The Balaban J connectivity index is 2.02. The number of benzene rings is 3. The van der Waals surface area contributed by atoms with E-state index in [1.807, 2.05) is 33.8 Å². The summed E-state index contributed by atoms with van der Waals surface area (Å²) in [6, 6.07) is 18.0. The van der Waals surface area contributed by atoms with Crippen LogP contribution in [0.5, 0.6) is 0 Å². The summed E-state index contributed by atoms with van der Waals surface area (Å²) in [5, 5.41) is 3.44. The lowest BCUT2D eigenvalue weighted by atomic mass is 10.1. The molecule has 40 heavy (non-hydrogen) atoms. The molecule has 0 fully saturated rings. The van der Waals surface area contributed by atoms with Gasteiger partial charge in [-0.1, -0.05) is 60.8 Å². The van der Waals surface area contributed by atoms with Crippen LogP contribution >= 0.6 is 11.6 Å². The first-order chi connectivity index (χ1) is 18.9. The quantitative estimate of drug-likeness (QED) is 0.273. The molecule has 0 saturated heterocycles. The highest BCUT2D eigenvalue weighted by Crippen LogP contribution is 2.27. The van der Waals surface area contributed by atoms with Crippen LogP contribution in [0.3, 0.4) is 0 Å². The number of rotatable bonds is 12. The van der Waals surface area contributed by atoms with Crippen molar-refractivity contribution in [2.45, 2.75) is 64.9 Å². The number of nitrogens with zero attached hydrogens (tertiary/aromatic N) is 2. The lowest BCUT2D eigenvalue weighted by Crippen LogP contribution is -2.51. The Hall–Kier alpha value is -3.36. The maximum Gasteiger partial charge on any atom is 0.264 e. The molecule has 0 radical (unpaired) electrons. The van der Waals surface area contributed by atoms with Crippen molar-refractivity contribution < 1.29 is 18.0 Å². The highest BCUT2D eigenvalue weighted by atomic mass is 35.5. The summed E-state index contributed by atoms with van der Waals surface area (Å²) < 4.78 is 29.0. The maximum absolute atomic E-state index is 14.0. The number of carbonyl (C=O) groups is 2. The van der Waals surface area contributed by atoms with Gasteiger partial charge in [0, 0.05) is 18.1 Å². The topological polar surface area (TPSA) is 86.8 Å². The minimum atomic E-state index is -4.10. The zero-order valence-corrected chi connectivity index (χ0v) is 25.3. The molecule has 3 rings (SSSR count). The van der Waals surface area contributed by atoms with Crippen molar-refractivity contribution >= 4 is 39.1 Å². The molecule has 0 saturated carbocycles. The third-order valence-electron chi connectivity index (χ3n) is 6.93. The van der Waals surface area contributed by atoms with E-state index in [1.165, 1.54) is 4.90 Å². The van der Waals surface area contributed by atoms with Gasteiger partial charge in [0.05, 0.1) is 10.6 Å². The molecule has 0 spiro atoms. The van der Waals surface area contributed by atoms with Crippen molar-refractivity contribution in [1.29, 1.82) is 0 Å². The van der Waals surface area contributed by atoms with E-state index in [0.717, 1.165) is 39.4 Å². The van der Waals surface area contributed by atoms with Crippen LogP contribution in [0.25, 0.3) is 0 Å². The average Bonchev–Trinajstić information content (AvgIpc) is 2.92. The van der Waals surface area contributed by atoms with Gasteiger partial charge in [0.1, 0.15) is 12.6 Å². The largest absolute Gasteiger partial charge is 0.354 e. The molecule has 0 aliphatic carbocycles. The Morgan fingerprint density at radius 3 is 2.17 bits per heavy atom. The van der Waals surface area contributed by atoms with Gasteiger partial charge < -0.3 is 10.2 Å². The second-order valence-corrected chi connectivity index (χ2v) is 12.4. The SMILES string of the molecule is CCCCNC(=O)[C@H](C)N(Cc1ccc(Cl)cc1)C(=O)CN(c1ccc(C)c(C)c1)S(=O)(=O)c1ccc(C)cc1. The number of hydrogen-bond acceptors (Lipinski definition) is 4.